The van der Waals surface area contributed by atoms with Crippen LogP contribution in [0.4, 0.5) is 27.6 Å². The van der Waals surface area contributed by atoms with E-state index in [2.05, 4.69) is 9.97 Å². The van der Waals surface area contributed by atoms with Gasteiger partial charge in [0.1, 0.15) is 5.69 Å². The molecular formula is C22H18F5N3O. The van der Waals surface area contributed by atoms with Gasteiger partial charge >= 0.3 is 6.18 Å². The van der Waals surface area contributed by atoms with Crippen LogP contribution in [0.25, 0.3) is 11.1 Å². The minimum Gasteiger partial charge on any atom is -0.300 e. The Hall–Kier alpha value is -3.36. The number of aromatic nitrogens is 2. The molecule has 0 fully saturated rings. The van der Waals surface area contributed by atoms with Gasteiger partial charge in [-0.05, 0) is 43.2 Å². The fourth-order valence-electron chi connectivity index (χ4n) is 3.23. The number of anilines is 1. The van der Waals surface area contributed by atoms with E-state index in [4.69, 9.17) is 0 Å². The predicted molar refractivity (Wildman–Crippen MR) is 106 cm³/mol. The van der Waals surface area contributed by atoms with E-state index in [1.807, 2.05) is 13.0 Å². The van der Waals surface area contributed by atoms with Gasteiger partial charge in [0, 0.05) is 23.0 Å². The summed E-state index contributed by atoms with van der Waals surface area (Å²) in [6, 6.07) is 10.4. The average molecular weight is 435 g/mol. The summed E-state index contributed by atoms with van der Waals surface area (Å²) in [6.07, 6.45) is -5.00. The Morgan fingerprint density at radius 3 is 2.42 bits per heavy atom. The lowest BCUT2D eigenvalue weighted by atomic mass is 9.99. The Labute approximate surface area is 175 Å². The number of carbonyl (C=O) groups excluding carboxylic acids is 1. The lowest BCUT2D eigenvalue weighted by molar-refractivity contribution is -0.141. The molecule has 0 spiro atoms. The zero-order valence-electron chi connectivity index (χ0n) is 16.6. The fraction of sp³-hybridized carbons (Fsp3) is 0.227. The summed E-state index contributed by atoms with van der Waals surface area (Å²) in [4.78, 5) is 21.3. The molecule has 1 aromatic carbocycles. The Kier molecular flexibility index (Phi) is 6.33. The monoisotopic (exact) mass is 435 g/mol. The molecule has 0 aliphatic heterocycles. The van der Waals surface area contributed by atoms with Gasteiger partial charge in [-0.25, -0.2) is 13.8 Å². The lowest BCUT2D eigenvalue weighted by Crippen LogP contribution is -2.36. The third-order valence-electron chi connectivity index (χ3n) is 4.58. The highest BCUT2D eigenvalue weighted by Crippen LogP contribution is 2.34. The highest BCUT2D eigenvalue weighted by molar-refractivity contribution is 6.08. The number of carbonyl (C=O) groups is 1. The number of pyridine rings is 2. The molecule has 31 heavy (non-hydrogen) atoms. The molecule has 0 aliphatic carbocycles. The minimum absolute atomic E-state index is 0.0551. The molecule has 0 unspecified atom stereocenters. The van der Waals surface area contributed by atoms with E-state index in [1.54, 1.807) is 24.3 Å². The number of amides is 1. The van der Waals surface area contributed by atoms with E-state index in [1.165, 1.54) is 19.3 Å². The molecule has 3 rings (SSSR count). The van der Waals surface area contributed by atoms with E-state index >= 15 is 0 Å². The molecule has 0 radical (unpaired) electrons. The molecule has 2 heterocycles. The first kappa shape index (κ1) is 22.3. The van der Waals surface area contributed by atoms with Crippen molar-refractivity contribution in [2.45, 2.75) is 26.4 Å². The van der Waals surface area contributed by atoms with Gasteiger partial charge < -0.3 is 4.90 Å². The summed E-state index contributed by atoms with van der Waals surface area (Å²) in [5.74, 6) is -1.00. The number of rotatable bonds is 5. The summed E-state index contributed by atoms with van der Waals surface area (Å²) in [5.41, 5.74) is 0.347. The van der Waals surface area contributed by atoms with Crippen LogP contribution in [-0.2, 0) is 6.18 Å². The number of nitrogens with zero attached hydrogens (tertiary/aromatic N) is 3. The Morgan fingerprint density at radius 1 is 1.06 bits per heavy atom. The van der Waals surface area contributed by atoms with E-state index in [9.17, 15) is 26.7 Å². The number of halogens is 5. The average Bonchev–Trinajstić information content (AvgIpc) is 2.71. The quantitative estimate of drug-likeness (QED) is 0.484. The molecule has 3 aromatic rings. The normalized spacial score (nSPS) is 11.6. The SMILES string of the molecule is Cc1cc(C(=O)N(CC(F)F)c2cnccc2-c2ccccc2C)cc(C(F)(F)F)n1. The largest absolute Gasteiger partial charge is 0.433 e. The van der Waals surface area contributed by atoms with Crippen molar-refractivity contribution in [2.75, 3.05) is 11.4 Å². The van der Waals surface area contributed by atoms with Crippen LogP contribution in [0.1, 0.15) is 27.3 Å². The molecule has 0 saturated heterocycles. The van der Waals surface area contributed by atoms with Crippen LogP contribution in [0.2, 0.25) is 0 Å². The van der Waals surface area contributed by atoms with Crippen molar-refractivity contribution in [1.82, 2.24) is 9.97 Å². The van der Waals surface area contributed by atoms with Crippen LogP contribution in [-0.4, -0.2) is 28.8 Å². The maximum absolute atomic E-state index is 13.4. The van der Waals surface area contributed by atoms with Crippen LogP contribution in [0, 0.1) is 13.8 Å². The molecule has 9 heteroatoms. The van der Waals surface area contributed by atoms with Crippen molar-refractivity contribution < 1.29 is 26.7 Å². The van der Waals surface area contributed by atoms with Gasteiger partial charge in [0.25, 0.3) is 12.3 Å². The summed E-state index contributed by atoms with van der Waals surface area (Å²) < 4.78 is 66.3. The number of hydrogen-bond donors (Lipinski definition) is 0. The molecule has 0 aliphatic rings. The molecule has 2 aromatic heterocycles. The Morgan fingerprint density at radius 2 is 1.77 bits per heavy atom. The van der Waals surface area contributed by atoms with Crippen LogP contribution in [0.5, 0.6) is 0 Å². The first-order chi connectivity index (χ1) is 14.6. The van der Waals surface area contributed by atoms with E-state index in [0.29, 0.717) is 17.2 Å². The topological polar surface area (TPSA) is 46.1 Å². The lowest BCUT2D eigenvalue weighted by Gasteiger charge is -2.25. The summed E-state index contributed by atoms with van der Waals surface area (Å²) >= 11 is 0. The van der Waals surface area contributed by atoms with Crippen molar-refractivity contribution in [2.24, 2.45) is 0 Å². The van der Waals surface area contributed by atoms with Crippen molar-refractivity contribution in [3.8, 4) is 11.1 Å². The van der Waals surface area contributed by atoms with Crippen molar-refractivity contribution in [3.63, 3.8) is 0 Å². The van der Waals surface area contributed by atoms with Crippen molar-refractivity contribution in [3.05, 3.63) is 77.4 Å². The molecule has 0 N–H and O–H groups in total. The van der Waals surface area contributed by atoms with Gasteiger partial charge in [-0.15, -0.1) is 0 Å². The second-order valence-electron chi connectivity index (χ2n) is 6.89. The van der Waals surface area contributed by atoms with Gasteiger partial charge in [-0.3, -0.25) is 9.78 Å². The number of benzene rings is 1. The molecular weight excluding hydrogens is 417 g/mol. The summed E-state index contributed by atoms with van der Waals surface area (Å²) in [5, 5.41) is 0. The van der Waals surface area contributed by atoms with Gasteiger partial charge in [-0.2, -0.15) is 13.2 Å². The standard InChI is InChI=1S/C22H18F5N3O/c1-13-5-3-4-6-16(13)17-7-8-28-11-18(17)30(12-20(23)24)21(31)15-9-14(2)29-19(10-15)22(25,26)27/h3-11,20H,12H2,1-2H3. The Bertz CT molecular complexity index is 1100. The molecule has 1 amide bonds. The number of aryl methyl sites for hydroxylation is 2. The van der Waals surface area contributed by atoms with Gasteiger partial charge in [0.2, 0.25) is 0 Å². The zero-order chi connectivity index (χ0) is 22.8. The third kappa shape index (κ3) is 5.04. The second kappa shape index (κ2) is 8.79. The predicted octanol–water partition coefficient (Wildman–Crippen LogP) is 5.69. The van der Waals surface area contributed by atoms with Crippen LogP contribution in [0.15, 0.2) is 54.9 Å². The van der Waals surface area contributed by atoms with Crippen molar-refractivity contribution in [1.29, 1.82) is 0 Å². The molecule has 0 bridgehead atoms. The van der Waals surface area contributed by atoms with Crippen LogP contribution < -0.4 is 4.90 Å². The molecule has 0 atom stereocenters. The third-order valence-corrected chi connectivity index (χ3v) is 4.58. The van der Waals surface area contributed by atoms with Gasteiger partial charge in [0.15, 0.2) is 0 Å². The maximum Gasteiger partial charge on any atom is 0.433 e. The molecule has 4 nitrogen and oxygen atoms in total. The van der Waals surface area contributed by atoms with E-state index in [0.717, 1.165) is 16.5 Å². The second-order valence-corrected chi connectivity index (χ2v) is 6.89. The highest BCUT2D eigenvalue weighted by Gasteiger charge is 2.34. The minimum atomic E-state index is -4.78. The van der Waals surface area contributed by atoms with Gasteiger partial charge in [0.05, 0.1) is 18.4 Å². The first-order valence-electron chi connectivity index (χ1n) is 9.24. The smallest absolute Gasteiger partial charge is 0.300 e. The van der Waals surface area contributed by atoms with Gasteiger partial charge in [-0.1, -0.05) is 24.3 Å². The van der Waals surface area contributed by atoms with E-state index in [-0.39, 0.29) is 16.9 Å². The number of alkyl halides is 5. The zero-order valence-corrected chi connectivity index (χ0v) is 16.6. The maximum atomic E-state index is 13.4. The van der Waals surface area contributed by atoms with Crippen molar-refractivity contribution >= 4 is 11.6 Å². The van der Waals surface area contributed by atoms with E-state index < -0.39 is 30.7 Å². The summed E-state index contributed by atoms with van der Waals surface area (Å²) in [7, 11) is 0. The number of hydrogen-bond acceptors (Lipinski definition) is 3. The Balaban J connectivity index is 2.15. The van der Waals surface area contributed by atoms with Crippen LogP contribution in [0.3, 0.4) is 0 Å². The molecule has 0 saturated carbocycles. The molecule has 162 valence electrons. The first-order valence-corrected chi connectivity index (χ1v) is 9.24. The summed E-state index contributed by atoms with van der Waals surface area (Å²) in [6.45, 7) is 2.11. The van der Waals surface area contributed by atoms with Crippen LogP contribution >= 0.6 is 0 Å². The fourth-order valence-corrected chi connectivity index (χ4v) is 3.23. The highest BCUT2D eigenvalue weighted by atomic mass is 19.4.